The third-order valence-corrected chi connectivity index (χ3v) is 4.50. The van der Waals surface area contributed by atoms with Gasteiger partial charge in [-0.15, -0.1) is 0 Å². The van der Waals surface area contributed by atoms with Gasteiger partial charge in [0, 0.05) is 25.8 Å². The fraction of sp³-hybridized carbons (Fsp3) is 0.700. The summed E-state index contributed by atoms with van der Waals surface area (Å²) in [5.41, 5.74) is 0. The number of aliphatic carboxylic acids is 1. The highest BCUT2D eigenvalue weighted by Gasteiger charge is 2.23. The van der Waals surface area contributed by atoms with Crippen molar-refractivity contribution in [3.63, 3.8) is 0 Å². The summed E-state index contributed by atoms with van der Waals surface area (Å²) in [7, 11) is -4.31. The molecular formula is C20H35FNO8P. The van der Waals surface area contributed by atoms with Crippen LogP contribution in [-0.2, 0) is 27.9 Å². The monoisotopic (exact) mass is 467 g/mol. The number of carbonyl (C=O) groups is 1. The Morgan fingerprint density at radius 2 is 1.90 bits per heavy atom. The minimum Gasteiger partial charge on any atom is -0.481 e. The lowest BCUT2D eigenvalue weighted by molar-refractivity contribution is -0.137. The van der Waals surface area contributed by atoms with Gasteiger partial charge in [-0.3, -0.25) is 18.8 Å². The van der Waals surface area contributed by atoms with Crippen molar-refractivity contribution in [3.05, 3.63) is 24.1 Å². The maximum atomic E-state index is 12.8. The molecule has 0 aliphatic rings. The summed E-state index contributed by atoms with van der Waals surface area (Å²) < 4.78 is 45.8. The number of ether oxygens (including phenoxy) is 2. The van der Waals surface area contributed by atoms with Crippen LogP contribution in [0.1, 0.15) is 40.0 Å². The quantitative estimate of drug-likeness (QED) is 0.127. The predicted octanol–water partition coefficient (Wildman–Crippen LogP) is 3.93. The summed E-state index contributed by atoms with van der Waals surface area (Å²) in [5.74, 6) is -0.954. The Kier molecular flexibility index (Phi) is 17.3. The normalized spacial score (nSPS) is 15.7. The molecule has 0 aromatic carbocycles. The molecule has 0 bridgehead atoms. The average molecular weight is 467 g/mol. The van der Waals surface area contributed by atoms with E-state index in [4.69, 9.17) is 23.6 Å². The second kappa shape index (κ2) is 18.2. The first kappa shape index (κ1) is 29.6. The molecule has 0 spiro atoms. The van der Waals surface area contributed by atoms with Gasteiger partial charge < -0.3 is 19.5 Å². The van der Waals surface area contributed by atoms with Crippen LogP contribution in [0, 0.1) is 5.92 Å². The fourth-order valence-electron chi connectivity index (χ4n) is 2.00. The largest absolute Gasteiger partial charge is 0.481 e. The zero-order chi connectivity index (χ0) is 23.5. The Balaban J connectivity index is 4.33. The number of hydrogen-bond acceptors (Lipinski definition) is 7. The molecule has 0 rings (SSSR count). The molecule has 31 heavy (non-hydrogen) atoms. The van der Waals surface area contributed by atoms with Crippen molar-refractivity contribution in [1.29, 1.82) is 0 Å². The molecule has 2 N–H and O–H groups in total. The van der Waals surface area contributed by atoms with Crippen LogP contribution in [0.25, 0.3) is 0 Å². The van der Waals surface area contributed by atoms with Crippen LogP contribution >= 0.6 is 7.82 Å². The topological polar surface area (TPSA) is 124 Å². The Morgan fingerprint density at radius 3 is 2.55 bits per heavy atom. The van der Waals surface area contributed by atoms with E-state index in [1.54, 1.807) is 6.92 Å². The highest BCUT2D eigenvalue weighted by molar-refractivity contribution is 7.47. The molecule has 2 unspecified atom stereocenters. The molecule has 0 fully saturated rings. The van der Waals surface area contributed by atoms with E-state index in [2.05, 4.69) is 4.99 Å². The number of nitrogens with zero attached hydrogens (tertiary/aromatic N) is 1. The summed E-state index contributed by atoms with van der Waals surface area (Å²) in [5, 5.41) is 8.64. The van der Waals surface area contributed by atoms with Crippen molar-refractivity contribution in [2.45, 2.75) is 46.1 Å². The summed E-state index contributed by atoms with van der Waals surface area (Å²) >= 11 is 0. The SMILES string of the molecule is C/C=C(F)\C=C/C=NCCOP(=O)(O)OCC(COCC(C)C)OCCCCC(=O)O. The number of hydrogen-bond donors (Lipinski definition) is 2. The van der Waals surface area contributed by atoms with E-state index in [0.29, 0.717) is 25.4 Å². The molecular weight excluding hydrogens is 432 g/mol. The van der Waals surface area contributed by atoms with Gasteiger partial charge in [-0.1, -0.05) is 19.9 Å². The number of halogens is 1. The van der Waals surface area contributed by atoms with E-state index in [0.717, 1.165) is 0 Å². The number of carboxylic acids is 1. The van der Waals surface area contributed by atoms with Gasteiger partial charge in [-0.2, -0.15) is 0 Å². The first-order valence-electron chi connectivity index (χ1n) is 10.2. The van der Waals surface area contributed by atoms with E-state index in [1.807, 2.05) is 13.8 Å². The van der Waals surface area contributed by atoms with E-state index in [9.17, 15) is 18.6 Å². The fourth-order valence-corrected chi connectivity index (χ4v) is 2.74. The predicted molar refractivity (Wildman–Crippen MR) is 116 cm³/mol. The van der Waals surface area contributed by atoms with Gasteiger partial charge in [0.25, 0.3) is 0 Å². The molecule has 0 aromatic rings. The van der Waals surface area contributed by atoms with Crippen LogP contribution in [0.5, 0.6) is 0 Å². The van der Waals surface area contributed by atoms with Gasteiger partial charge >= 0.3 is 13.8 Å². The van der Waals surface area contributed by atoms with Gasteiger partial charge in [0.05, 0.1) is 26.4 Å². The Morgan fingerprint density at radius 1 is 1.16 bits per heavy atom. The molecule has 0 saturated carbocycles. The molecule has 0 radical (unpaired) electrons. The van der Waals surface area contributed by atoms with Gasteiger partial charge in [-0.05, 0) is 37.8 Å². The summed E-state index contributed by atoms with van der Waals surface area (Å²) in [6.45, 7) is 6.19. The molecule has 0 aliphatic heterocycles. The highest BCUT2D eigenvalue weighted by Crippen LogP contribution is 2.43. The number of allylic oxidation sites excluding steroid dienone is 4. The minimum absolute atomic E-state index is 0.0522. The Labute approximate surface area is 183 Å². The lowest BCUT2D eigenvalue weighted by Crippen LogP contribution is -2.27. The van der Waals surface area contributed by atoms with Crippen molar-refractivity contribution < 1.29 is 42.3 Å². The summed E-state index contributed by atoms with van der Waals surface area (Å²) in [6, 6.07) is 0. The summed E-state index contributed by atoms with van der Waals surface area (Å²) in [4.78, 5) is 24.2. The van der Waals surface area contributed by atoms with Gasteiger partial charge in [0.15, 0.2) is 0 Å². The number of aliphatic imine (C=N–C) groups is 1. The average Bonchev–Trinajstić information content (AvgIpc) is 2.69. The number of unbranched alkanes of at least 4 members (excludes halogenated alkanes) is 1. The van der Waals surface area contributed by atoms with Crippen molar-refractivity contribution in [2.75, 3.05) is 39.6 Å². The standard InChI is InChI=1S/C20H35FNO8P/c1-4-18(21)8-7-10-22-11-13-29-31(25,26)30-16-19(15-27-14-17(2)3)28-12-6-5-9-20(23)24/h4,7-8,10,17,19H,5-6,9,11-16H2,1-3H3,(H,23,24)(H,25,26)/b8-7-,18-4+,22-10?. The van der Waals surface area contributed by atoms with Crippen LogP contribution < -0.4 is 0 Å². The number of phosphoric ester groups is 1. The lowest BCUT2D eigenvalue weighted by Gasteiger charge is -2.20. The van der Waals surface area contributed by atoms with Crippen molar-refractivity contribution >= 4 is 20.0 Å². The Hall–Kier alpha value is -1.42. The van der Waals surface area contributed by atoms with Gasteiger partial charge in [-0.25, -0.2) is 8.96 Å². The smallest absolute Gasteiger partial charge is 0.472 e. The van der Waals surface area contributed by atoms with Crippen LogP contribution in [0.2, 0.25) is 0 Å². The third-order valence-electron chi connectivity index (χ3n) is 3.51. The van der Waals surface area contributed by atoms with E-state index in [-0.39, 0.29) is 39.4 Å². The van der Waals surface area contributed by atoms with E-state index in [1.165, 1.54) is 24.4 Å². The first-order chi connectivity index (χ1) is 14.7. The first-order valence-corrected chi connectivity index (χ1v) is 11.7. The van der Waals surface area contributed by atoms with Gasteiger partial charge in [0.1, 0.15) is 11.9 Å². The van der Waals surface area contributed by atoms with Crippen LogP contribution in [0.3, 0.4) is 0 Å². The molecule has 180 valence electrons. The highest BCUT2D eigenvalue weighted by atomic mass is 31.2. The van der Waals surface area contributed by atoms with Crippen LogP contribution in [-0.4, -0.2) is 67.9 Å². The van der Waals surface area contributed by atoms with E-state index < -0.39 is 25.7 Å². The molecule has 0 aromatic heterocycles. The number of carboxylic acid groups (broad SMARTS) is 1. The van der Waals surface area contributed by atoms with Crippen molar-refractivity contribution in [1.82, 2.24) is 0 Å². The molecule has 0 amide bonds. The zero-order valence-corrected chi connectivity index (χ0v) is 19.3. The second-order valence-corrected chi connectivity index (χ2v) is 8.41. The minimum atomic E-state index is -4.31. The summed E-state index contributed by atoms with van der Waals surface area (Å²) in [6.07, 6.45) is 5.74. The molecule has 11 heteroatoms. The maximum Gasteiger partial charge on any atom is 0.472 e. The number of phosphoric acid groups is 1. The van der Waals surface area contributed by atoms with Crippen LogP contribution in [0.4, 0.5) is 4.39 Å². The van der Waals surface area contributed by atoms with Crippen molar-refractivity contribution in [2.24, 2.45) is 10.9 Å². The van der Waals surface area contributed by atoms with Crippen LogP contribution in [0.15, 0.2) is 29.0 Å². The number of rotatable bonds is 19. The molecule has 0 saturated heterocycles. The lowest BCUT2D eigenvalue weighted by atomic mass is 10.2. The van der Waals surface area contributed by atoms with Gasteiger partial charge in [0.2, 0.25) is 0 Å². The molecule has 0 heterocycles. The third kappa shape index (κ3) is 20.2. The van der Waals surface area contributed by atoms with Crippen molar-refractivity contribution in [3.8, 4) is 0 Å². The molecule has 2 atom stereocenters. The molecule has 0 aliphatic carbocycles. The van der Waals surface area contributed by atoms with E-state index >= 15 is 0 Å². The Bertz CT molecular complexity index is 624. The maximum absolute atomic E-state index is 12.8. The zero-order valence-electron chi connectivity index (χ0n) is 18.4. The second-order valence-electron chi connectivity index (χ2n) is 6.96. The molecule has 9 nitrogen and oxygen atoms in total.